The van der Waals surface area contributed by atoms with Crippen molar-refractivity contribution in [3.63, 3.8) is 0 Å². The van der Waals surface area contributed by atoms with Crippen LogP contribution < -0.4 is 20.4 Å². The Hall–Kier alpha value is -4.13. The second-order valence-electron chi connectivity index (χ2n) is 20.6. The van der Waals surface area contributed by atoms with Gasteiger partial charge in [0.1, 0.15) is 24.7 Å². The molecule has 0 aliphatic carbocycles. The average molecular weight is 865 g/mol. The zero-order valence-electron chi connectivity index (χ0n) is 38.4. The maximum Gasteiger partial charge on any atom is 0.407 e. The van der Waals surface area contributed by atoms with Gasteiger partial charge in [-0.3, -0.25) is 0 Å². The number of nitrogens with zero attached hydrogens (tertiary/aromatic N) is 6. The Labute approximate surface area is 359 Å². The van der Waals surface area contributed by atoms with Crippen LogP contribution in [0.2, 0.25) is 51.4 Å². The van der Waals surface area contributed by atoms with E-state index in [0.29, 0.717) is 13.5 Å². The Morgan fingerprint density at radius 1 is 0.650 bits per heavy atom. The van der Waals surface area contributed by atoms with Gasteiger partial charge in [-0.05, 0) is 103 Å². The van der Waals surface area contributed by atoms with Gasteiger partial charge in [0.15, 0.2) is 0 Å². The van der Waals surface area contributed by atoms with Gasteiger partial charge in [0, 0.05) is 66.9 Å². The number of carbonyl (C=O) groups is 2. The van der Waals surface area contributed by atoms with Gasteiger partial charge < -0.3 is 48.5 Å². The van der Waals surface area contributed by atoms with E-state index in [1.807, 2.05) is 54.2 Å². The first-order valence-electron chi connectivity index (χ1n) is 21.5. The van der Waals surface area contributed by atoms with Crippen molar-refractivity contribution in [1.29, 1.82) is 0 Å². The lowest BCUT2D eigenvalue weighted by atomic mass is 10.2. The fraction of sp³-hybridized carbons (Fsp3) is 0.636. The number of fused-ring (bicyclic) bond motifs is 2. The Morgan fingerprint density at radius 2 is 1.10 bits per heavy atom. The van der Waals surface area contributed by atoms with Gasteiger partial charge in [-0.2, -0.15) is 0 Å². The molecule has 0 bridgehead atoms. The highest BCUT2D eigenvalue weighted by Gasteiger charge is 2.28. The molecule has 2 saturated heterocycles. The van der Waals surface area contributed by atoms with Crippen molar-refractivity contribution in [2.45, 2.75) is 143 Å². The Bertz CT molecular complexity index is 2030. The van der Waals surface area contributed by atoms with Crippen molar-refractivity contribution in [2.24, 2.45) is 0 Å². The predicted octanol–water partition coefficient (Wildman–Crippen LogP) is 8.90. The van der Waals surface area contributed by atoms with Crippen LogP contribution in [0.3, 0.4) is 0 Å². The number of hydrogen-bond donors (Lipinski definition) is 2. The van der Waals surface area contributed by atoms with E-state index in [0.717, 1.165) is 97.8 Å². The smallest absolute Gasteiger partial charge is 0.407 e. The summed E-state index contributed by atoms with van der Waals surface area (Å²) in [6.45, 7) is 31.4. The number of amides is 2. The zero-order valence-corrected chi connectivity index (χ0v) is 40.4. The van der Waals surface area contributed by atoms with Crippen LogP contribution in [-0.2, 0) is 32.4 Å². The first-order valence-corrected chi connectivity index (χ1v) is 29.0. The van der Waals surface area contributed by atoms with E-state index in [4.69, 9.17) is 18.9 Å². The molecule has 2 atom stereocenters. The molecule has 2 unspecified atom stereocenters. The summed E-state index contributed by atoms with van der Waals surface area (Å²) < 4.78 is 26.7. The van der Waals surface area contributed by atoms with Crippen molar-refractivity contribution >= 4 is 61.8 Å². The lowest BCUT2D eigenvalue weighted by molar-refractivity contribution is 0.0497. The molecule has 0 spiro atoms. The van der Waals surface area contributed by atoms with Crippen molar-refractivity contribution in [3.8, 4) is 0 Å². The second kappa shape index (κ2) is 19.7. The van der Waals surface area contributed by atoms with E-state index in [1.54, 1.807) is 0 Å². The van der Waals surface area contributed by atoms with E-state index in [9.17, 15) is 9.59 Å². The van der Waals surface area contributed by atoms with Gasteiger partial charge in [-0.1, -0.05) is 39.3 Å². The predicted molar refractivity (Wildman–Crippen MR) is 248 cm³/mol. The molecule has 2 amide bonds. The summed E-state index contributed by atoms with van der Waals surface area (Å²) in [5, 5.41) is 5.97. The molecule has 2 aliphatic heterocycles. The quantitative estimate of drug-likeness (QED) is 0.0934. The summed E-state index contributed by atoms with van der Waals surface area (Å²) in [5.74, 6) is 0. The Balaban J connectivity index is 0.000000228. The number of aromatic nitrogens is 4. The fourth-order valence-corrected chi connectivity index (χ4v) is 8.47. The first-order chi connectivity index (χ1) is 28.0. The van der Waals surface area contributed by atoms with Crippen LogP contribution in [0.5, 0.6) is 0 Å². The monoisotopic (exact) mass is 865 g/mol. The number of hydrogen-bond acceptors (Lipinski definition) is 10. The average Bonchev–Trinajstić information content (AvgIpc) is 3.93. The highest BCUT2D eigenvalue weighted by Crippen LogP contribution is 2.27. The molecule has 2 aromatic carbocycles. The molecule has 6 rings (SSSR count). The van der Waals surface area contributed by atoms with Crippen molar-refractivity contribution in [2.75, 3.05) is 49.2 Å². The number of nitrogens with one attached hydrogen (secondary N) is 2. The molecule has 0 radical (unpaired) electrons. The van der Waals surface area contributed by atoms with Crippen LogP contribution in [-0.4, -0.2) is 110 Å². The van der Waals surface area contributed by atoms with Crippen LogP contribution in [0.25, 0.3) is 22.1 Å². The summed E-state index contributed by atoms with van der Waals surface area (Å²) in [6.07, 6.45) is 4.79. The maximum atomic E-state index is 12.1. The standard InChI is InChI=1S/2C22H36N4O3Si/c1-22(2,3)29-21(27)24-17-9-10-25(14-17)18-7-8-20-19(13-18)23-15-26(20)16-28-11-12-30(4,5)6;1-22(2,3)29-21(27)24-17-9-10-25(14-17)18-7-8-19-20(13-18)26(15-23-19)16-28-11-12-30(4,5)6/h2*7-8,13,15,17H,9-12,14,16H2,1-6H3,(H,24,27). The molecule has 2 aliphatic rings. The molecule has 16 heteroatoms. The topological polar surface area (TPSA) is 137 Å². The summed E-state index contributed by atoms with van der Waals surface area (Å²) in [6, 6.07) is 15.2. The van der Waals surface area contributed by atoms with Crippen molar-refractivity contribution in [3.05, 3.63) is 49.1 Å². The number of alkyl carbamates (subject to hydrolysis) is 2. The molecule has 2 fully saturated rings. The highest BCUT2D eigenvalue weighted by molar-refractivity contribution is 6.76. The minimum atomic E-state index is -1.09. The summed E-state index contributed by atoms with van der Waals surface area (Å²) >= 11 is 0. The van der Waals surface area contributed by atoms with Crippen LogP contribution in [0.4, 0.5) is 21.0 Å². The van der Waals surface area contributed by atoms with Crippen LogP contribution in [0.15, 0.2) is 49.1 Å². The van der Waals surface area contributed by atoms with E-state index in [-0.39, 0.29) is 24.3 Å². The summed E-state index contributed by atoms with van der Waals surface area (Å²) in [5.41, 5.74) is 5.38. The highest BCUT2D eigenvalue weighted by atomic mass is 28.3. The van der Waals surface area contributed by atoms with Gasteiger partial charge in [-0.15, -0.1) is 0 Å². The lowest BCUT2D eigenvalue weighted by Gasteiger charge is -2.22. The van der Waals surface area contributed by atoms with E-state index >= 15 is 0 Å². The Kier molecular flexibility index (Phi) is 15.4. The first kappa shape index (κ1) is 46.9. The SMILES string of the molecule is CC(C)(C)OC(=O)NC1CCN(c2ccc3c(c2)ncn3COCC[Si](C)(C)C)C1.CC(C)(C)OC(=O)NC1CCN(c2ccc3ncn(COCC[Si](C)(C)C)c3c2)C1. The molecule has 2 aromatic heterocycles. The van der Waals surface area contributed by atoms with E-state index < -0.39 is 27.3 Å². The maximum absolute atomic E-state index is 12.1. The number of carbonyl (C=O) groups excluding carboxylic acids is 2. The van der Waals surface area contributed by atoms with E-state index in [2.05, 4.69) is 115 Å². The molecule has 0 saturated carbocycles. The Morgan fingerprint density at radius 3 is 1.58 bits per heavy atom. The molecule has 4 aromatic rings. The molecule has 4 heterocycles. The minimum Gasteiger partial charge on any atom is -0.444 e. The zero-order chi connectivity index (χ0) is 43.9. The van der Waals surface area contributed by atoms with Crippen molar-refractivity contribution < 1.29 is 28.5 Å². The fourth-order valence-electron chi connectivity index (χ4n) is 6.95. The van der Waals surface area contributed by atoms with E-state index in [1.165, 1.54) is 0 Å². The van der Waals surface area contributed by atoms with Gasteiger partial charge in [-0.25, -0.2) is 19.6 Å². The number of ether oxygens (including phenoxy) is 4. The normalized spacial score (nSPS) is 17.5. The number of imidazole rings is 2. The van der Waals surface area contributed by atoms with Crippen molar-refractivity contribution in [1.82, 2.24) is 29.7 Å². The largest absolute Gasteiger partial charge is 0.444 e. The van der Waals surface area contributed by atoms with Gasteiger partial charge >= 0.3 is 12.2 Å². The number of rotatable bonds is 14. The number of anilines is 2. The van der Waals surface area contributed by atoms with Gasteiger partial charge in [0.25, 0.3) is 0 Å². The molecular formula is C44H72N8O6Si2. The third-order valence-electron chi connectivity index (χ3n) is 10.2. The third-order valence-corrected chi connectivity index (χ3v) is 13.6. The van der Waals surface area contributed by atoms with Crippen LogP contribution >= 0.6 is 0 Å². The second-order valence-corrected chi connectivity index (χ2v) is 31.9. The van der Waals surface area contributed by atoms with Gasteiger partial charge in [0.05, 0.1) is 46.8 Å². The molecule has 2 N–H and O–H groups in total. The third kappa shape index (κ3) is 15.1. The minimum absolute atomic E-state index is 0.0883. The van der Waals surface area contributed by atoms with Crippen LogP contribution in [0, 0.1) is 0 Å². The van der Waals surface area contributed by atoms with Gasteiger partial charge in [0.2, 0.25) is 0 Å². The number of benzene rings is 2. The molecule has 332 valence electrons. The molecule has 14 nitrogen and oxygen atoms in total. The molecular weight excluding hydrogens is 793 g/mol. The molecule has 60 heavy (non-hydrogen) atoms. The summed E-state index contributed by atoms with van der Waals surface area (Å²) in [4.78, 5) is 37.7. The lowest BCUT2D eigenvalue weighted by Crippen LogP contribution is -2.40. The van der Waals surface area contributed by atoms with Crippen LogP contribution in [0.1, 0.15) is 54.4 Å². The summed E-state index contributed by atoms with van der Waals surface area (Å²) in [7, 11) is -2.16.